The minimum Gasteiger partial charge on any atom is -0.481 e. The first kappa shape index (κ1) is 41.9. The fourth-order valence-corrected chi connectivity index (χ4v) is 5.29. The van der Waals surface area contributed by atoms with Crippen LogP contribution in [0.3, 0.4) is 0 Å². The van der Waals surface area contributed by atoms with Crippen LogP contribution < -0.4 is 0 Å². The summed E-state index contributed by atoms with van der Waals surface area (Å²) in [5, 5.41) is 8.83. The second kappa shape index (κ2) is 35.4. The number of allylic oxidation sites excluding steroid dienone is 8. The van der Waals surface area contributed by atoms with E-state index in [0.717, 1.165) is 77.0 Å². The van der Waals surface area contributed by atoms with Gasteiger partial charge in [-0.3, -0.25) is 9.59 Å². The molecule has 0 aromatic carbocycles. The Labute approximate surface area is 272 Å². The molecule has 0 rings (SSSR count). The lowest BCUT2D eigenvalue weighted by molar-refractivity contribution is -0.150. The van der Waals surface area contributed by atoms with Gasteiger partial charge in [0.25, 0.3) is 0 Å². The van der Waals surface area contributed by atoms with Crippen molar-refractivity contribution in [1.29, 1.82) is 0 Å². The van der Waals surface area contributed by atoms with Gasteiger partial charge in [0.05, 0.1) is 0 Å². The second-order valence-electron chi connectivity index (χ2n) is 12.4. The topological polar surface area (TPSA) is 63.6 Å². The van der Waals surface area contributed by atoms with Gasteiger partial charge in [-0.1, -0.05) is 146 Å². The summed E-state index contributed by atoms with van der Waals surface area (Å²) in [6.45, 7) is 4.50. The first-order valence-corrected chi connectivity index (χ1v) is 18.6. The summed E-state index contributed by atoms with van der Waals surface area (Å²) in [7, 11) is 0. The highest BCUT2D eigenvalue weighted by molar-refractivity contribution is 5.69. The molecule has 0 spiro atoms. The number of carboxylic acids is 1. The van der Waals surface area contributed by atoms with Gasteiger partial charge in [0.2, 0.25) is 0 Å². The Hall–Kier alpha value is -2.10. The molecule has 0 fully saturated rings. The minimum absolute atomic E-state index is 0.00700. The van der Waals surface area contributed by atoms with Crippen molar-refractivity contribution in [2.75, 3.05) is 0 Å². The lowest BCUT2D eigenvalue weighted by Gasteiger charge is -2.18. The van der Waals surface area contributed by atoms with E-state index in [1.54, 1.807) is 0 Å². The van der Waals surface area contributed by atoms with E-state index < -0.39 is 5.97 Å². The predicted molar refractivity (Wildman–Crippen MR) is 190 cm³/mol. The fourth-order valence-electron chi connectivity index (χ4n) is 5.29. The molecule has 0 aliphatic carbocycles. The summed E-state index contributed by atoms with van der Waals surface area (Å²) in [6.07, 6.45) is 46.9. The Bertz CT molecular complexity index is 748. The predicted octanol–water partition coefficient (Wildman–Crippen LogP) is 12.8. The summed E-state index contributed by atoms with van der Waals surface area (Å²) >= 11 is 0. The van der Waals surface area contributed by atoms with Crippen LogP contribution >= 0.6 is 0 Å². The molecule has 1 unspecified atom stereocenters. The molecular weight excluding hydrogens is 544 g/mol. The number of hydrogen-bond acceptors (Lipinski definition) is 3. The molecule has 1 atom stereocenters. The Morgan fingerprint density at radius 2 is 0.909 bits per heavy atom. The van der Waals surface area contributed by atoms with Crippen molar-refractivity contribution in [3.8, 4) is 0 Å². The Balaban J connectivity index is 4.11. The molecule has 0 radical (unpaired) electrons. The van der Waals surface area contributed by atoms with E-state index in [0.29, 0.717) is 6.42 Å². The van der Waals surface area contributed by atoms with Gasteiger partial charge in [0, 0.05) is 12.8 Å². The first-order valence-electron chi connectivity index (χ1n) is 18.6. The Morgan fingerprint density at radius 3 is 1.41 bits per heavy atom. The van der Waals surface area contributed by atoms with Crippen molar-refractivity contribution in [2.24, 2.45) is 0 Å². The Morgan fingerprint density at radius 1 is 0.500 bits per heavy atom. The van der Waals surface area contributed by atoms with Gasteiger partial charge < -0.3 is 9.84 Å². The number of ether oxygens (including phenoxy) is 1. The number of carbonyl (C=O) groups is 2. The molecule has 0 bridgehead atoms. The van der Waals surface area contributed by atoms with Crippen LogP contribution in [-0.2, 0) is 14.3 Å². The number of esters is 1. The molecule has 0 saturated heterocycles. The summed E-state index contributed by atoms with van der Waals surface area (Å²) in [4.78, 5) is 23.3. The number of hydrogen-bond donors (Lipinski definition) is 1. The summed E-state index contributed by atoms with van der Waals surface area (Å²) in [6, 6.07) is 0. The molecule has 0 aromatic rings. The van der Waals surface area contributed by atoms with Gasteiger partial charge in [-0.05, 0) is 77.0 Å². The molecular formula is C40H70O4. The third kappa shape index (κ3) is 34.4. The van der Waals surface area contributed by atoms with Crippen LogP contribution in [-0.4, -0.2) is 23.1 Å². The van der Waals surface area contributed by atoms with Crippen molar-refractivity contribution in [3.05, 3.63) is 48.6 Å². The molecule has 0 heterocycles. The third-order valence-corrected chi connectivity index (χ3v) is 8.05. The number of aliphatic carboxylic acids is 1. The SMILES string of the molecule is CCCCC/C=C\C/C=C\C/C=C\C/C=C\CCCC(=O)OC(CCCCCCCCCCCC)CCCCCCC(=O)O. The van der Waals surface area contributed by atoms with E-state index in [4.69, 9.17) is 9.84 Å². The van der Waals surface area contributed by atoms with Crippen molar-refractivity contribution < 1.29 is 19.4 Å². The van der Waals surface area contributed by atoms with Gasteiger partial charge in [0.1, 0.15) is 6.10 Å². The third-order valence-electron chi connectivity index (χ3n) is 8.05. The van der Waals surface area contributed by atoms with Gasteiger partial charge in [-0.25, -0.2) is 0 Å². The fraction of sp³-hybridized carbons (Fsp3) is 0.750. The van der Waals surface area contributed by atoms with Crippen molar-refractivity contribution in [2.45, 2.75) is 193 Å². The van der Waals surface area contributed by atoms with Crippen molar-refractivity contribution in [1.82, 2.24) is 0 Å². The van der Waals surface area contributed by atoms with Gasteiger partial charge >= 0.3 is 11.9 Å². The van der Waals surface area contributed by atoms with Crippen molar-refractivity contribution >= 4 is 11.9 Å². The van der Waals surface area contributed by atoms with Gasteiger partial charge in [0.15, 0.2) is 0 Å². The molecule has 0 aliphatic rings. The number of carboxylic acid groups (broad SMARTS) is 1. The van der Waals surface area contributed by atoms with E-state index in [1.807, 2.05) is 0 Å². The van der Waals surface area contributed by atoms with E-state index in [9.17, 15) is 9.59 Å². The monoisotopic (exact) mass is 615 g/mol. The minimum atomic E-state index is -0.719. The summed E-state index contributed by atoms with van der Waals surface area (Å²) < 4.78 is 5.93. The standard InChI is InChI=1S/C40H70O4/c1-3-5-7-9-11-13-15-16-17-18-19-20-21-23-25-27-33-37-40(43)44-38(35-31-28-29-32-36-39(41)42)34-30-26-24-22-14-12-10-8-6-4-2/h11,13,16-17,19-20,23,25,38H,3-10,12,14-15,18,21-22,24,26-37H2,1-2H3,(H,41,42)/b13-11-,17-16-,20-19-,25-23-. The van der Waals surface area contributed by atoms with Crippen LogP contribution in [0.4, 0.5) is 0 Å². The quantitative estimate of drug-likeness (QED) is 0.0454. The van der Waals surface area contributed by atoms with Crippen LogP contribution in [0.5, 0.6) is 0 Å². The summed E-state index contributed by atoms with van der Waals surface area (Å²) in [5.74, 6) is -0.785. The average molecular weight is 615 g/mol. The van der Waals surface area contributed by atoms with Crippen LogP contribution in [0.2, 0.25) is 0 Å². The van der Waals surface area contributed by atoms with Crippen LogP contribution in [0.25, 0.3) is 0 Å². The second-order valence-corrected chi connectivity index (χ2v) is 12.4. The maximum atomic E-state index is 12.6. The molecule has 0 aliphatic heterocycles. The maximum Gasteiger partial charge on any atom is 0.306 e. The van der Waals surface area contributed by atoms with Gasteiger partial charge in [-0.2, -0.15) is 0 Å². The van der Waals surface area contributed by atoms with E-state index in [-0.39, 0.29) is 18.5 Å². The smallest absolute Gasteiger partial charge is 0.306 e. The average Bonchev–Trinajstić information content (AvgIpc) is 3.01. The van der Waals surface area contributed by atoms with Crippen LogP contribution in [0.15, 0.2) is 48.6 Å². The molecule has 4 heteroatoms. The summed E-state index contributed by atoms with van der Waals surface area (Å²) in [5.41, 5.74) is 0. The molecule has 44 heavy (non-hydrogen) atoms. The highest BCUT2D eigenvalue weighted by Crippen LogP contribution is 2.18. The van der Waals surface area contributed by atoms with E-state index in [1.165, 1.54) is 83.5 Å². The van der Waals surface area contributed by atoms with Crippen LogP contribution in [0, 0.1) is 0 Å². The first-order chi connectivity index (χ1) is 21.6. The molecule has 1 N–H and O–H groups in total. The Kier molecular flexibility index (Phi) is 33.7. The molecule has 0 aromatic heterocycles. The highest BCUT2D eigenvalue weighted by Gasteiger charge is 2.14. The largest absolute Gasteiger partial charge is 0.481 e. The van der Waals surface area contributed by atoms with Crippen LogP contribution in [0.1, 0.15) is 187 Å². The molecule has 4 nitrogen and oxygen atoms in total. The zero-order valence-corrected chi connectivity index (χ0v) is 29.0. The zero-order valence-electron chi connectivity index (χ0n) is 29.0. The van der Waals surface area contributed by atoms with Crippen molar-refractivity contribution in [3.63, 3.8) is 0 Å². The molecule has 0 amide bonds. The maximum absolute atomic E-state index is 12.6. The van der Waals surface area contributed by atoms with E-state index >= 15 is 0 Å². The molecule has 0 saturated carbocycles. The highest BCUT2D eigenvalue weighted by atomic mass is 16.5. The number of unbranched alkanes of at least 4 members (excludes halogenated alkanes) is 16. The lowest BCUT2D eigenvalue weighted by Crippen LogP contribution is -2.18. The number of rotatable bonds is 33. The normalized spacial score (nSPS) is 12.8. The lowest BCUT2D eigenvalue weighted by atomic mass is 10.0. The van der Waals surface area contributed by atoms with E-state index in [2.05, 4.69) is 62.5 Å². The van der Waals surface area contributed by atoms with Gasteiger partial charge in [-0.15, -0.1) is 0 Å². The molecule has 254 valence electrons. The number of carbonyl (C=O) groups excluding carboxylic acids is 1. The zero-order chi connectivity index (χ0) is 32.2.